The minimum Gasteiger partial charge on any atom is -0.343 e. The number of rotatable bonds is 5. The molecule has 0 aromatic carbocycles. The van der Waals surface area contributed by atoms with Crippen LogP contribution in [0.5, 0.6) is 0 Å². The van der Waals surface area contributed by atoms with Gasteiger partial charge in [0.1, 0.15) is 0 Å². The molecule has 0 radical (unpaired) electrons. The van der Waals surface area contributed by atoms with Crippen molar-refractivity contribution in [3.05, 3.63) is 10.4 Å². The number of fused-ring (bicyclic) bond motifs is 1. The van der Waals surface area contributed by atoms with Gasteiger partial charge in [0, 0.05) is 33.2 Å². The normalized spacial score (nSPS) is 14.4. The monoisotopic (exact) mass is 356 g/mol. The zero-order valence-electron chi connectivity index (χ0n) is 16.2. The third-order valence-corrected chi connectivity index (χ3v) is 5.04. The predicted molar refractivity (Wildman–Crippen MR) is 106 cm³/mol. The van der Waals surface area contributed by atoms with Gasteiger partial charge in [-0.3, -0.25) is 13.9 Å². The molecule has 1 saturated heterocycles. The molecule has 7 nitrogen and oxygen atoms in total. The number of piperidine rings is 1. The van der Waals surface area contributed by atoms with Gasteiger partial charge in [0.25, 0.3) is 5.56 Å². The molecule has 0 saturated carbocycles. The molecule has 0 bridgehead atoms. The van der Waals surface area contributed by atoms with E-state index in [2.05, 4.69) is 35.5 Å². The van der Waals surface area contributed by atoms with Gasteiger partial charge >= 0.3 is 0 Å². The first kappa shape index (κ1) is 18.3. The van der Waals surface area contributed by atoms with Crippen LogP contribution in [-0.4, -0.2) is 45.3 Å². The Hall–Kier alpha value is -2.49. The second-order valence-corrected chi connectivity index (χ2v) is 6.59. The van der Waals surface area contributed by atoms with E-state index >= 15 is 0 Å². The lowest BCUT2D eigenvalue weighted by molar-refractivity contribution is 0.561. The number of hydrogen-bond acceptors (Lipinski definition) is 5. The number of anilines is 2. The first-order valence-corrected chi connectivity index (χ1v) is 9.49. The van der Waals surface area contributed by atoms with Crippen LogP contribution >= 0.6 is 0 Å². The van der Waals surface area contributed by atoms with Gasteiger partial charge in [0.05, 0.1) is 6.54 Å². The maximum atomic E-state index is 13.1. The highest BCUT2D eigenvalue weighted by molar-refractivity contribution is 5.76. The van der Waals surface area contributed by atoms with Crippen LogP contribution in [0.2, 0.25) is 0 Å². The molecule has 2 aromatic heterocycles. The Bertz CT molecular complexity index is 891. The molecule has 1 aliphatic heterocycles. The Kier molecular flexibility index (Phi) is 5.50. The van der Waals surface area contributed by atoms with Gasteiger partial charge in [-0.25, -0.2) is 0 Å². The maximum Gasteiger partial charge on any atom is 0.281 e. The molecule has 0 N–H and O–H groups in total. The fraction of sp³-hybridized carbons (Fsp3) is 0.632. The Morgan fingerprint density at radius 1 is 1.12 bits per heavy atom. The molecule has 0 unspecified atom stereocenters. The van der Waals surface area contributed by atoms with E-state index in [-0.39, 0.29) is 5.56 Å². The van der Waals surface area contributed by atoms with Crippen LogP contribution in [0.25, 0.3) is 11.2 Å². The molecule has 3 heterocycles. The second kappa shape index (κ2) is 7.81. The van der Waals surface area contributed by atoms with Crippen LogP contribution in [0.1, 0.15) is 40.0 Å². The Morgan fingerprint density at radius 2 is 1.81 bits per heavy atom. The minimum atomic E-state index is -0.0643. The summed E-state index contributed by atoms with van der Waals surface area (Å²) in [5.74, 6) is 7.51. The molecule has 0 atom stereocenters. The molecule has 3 rings (SSSR count). The summed E-state index contributed by atoms with van der Waals surface area (Å²) in [5.41, 5.74) is 1.01. The standard InChI is InChI=1S/C19H28N6O/c1-5-8-14-25-15-16(21-19(25)24-12-10-9-11-13-24)20-18(22(4)17(15)26)23(6-2)7-3/h6-7,9-14H2,1-4H3. The van der Waals surface area contributed by atoms with Gasteiger partial charge in [-0.05, 0) is 40.0 Å². The maximum absolute atomic E-state index is 13.1. The molecule has 26 heavy (non-hydrogen) atoms. The zero-order valence-corrected chi connectivity index (χ0v) is 16.2. The molecule has 0 aliphatic carbocycles. The minimum absolute atomic E-state index is 0.0643. The van der Waals surface area contributed by atoms with Crippen LogP contribution in [0, 0.1) is 11.8 Å². The van der Waals surface area contributed by atoms with Crippen LogP contribution in [0.15, 0.2) is 4.79 Å². The Morgan fingerprint density at radius 3 is 2.42 bits per heavy atom. The summed E-state index contributed by atoms with van der Waals surface area (Å²) in [4.78, 5) is 27.0. The van der Waals surface area contributed by atoms with E-state index in [1.165, 1.54) is 6.42 Å². The largest absolute Gasteiger partial charge is 0.343 e. The van der Waals surface area contributed by atoms with Crippen molar-refractivity contribution >= 4 is 23.1 Å². The van der Waals surface area contributed by atoms with E-state index < -0.39 is 0 Å². The molecule has 0 spiro atoms. The quantitative estimate of drug-likeness (QED) is 0.767. The van der Waals surface area contributed by atoms with Gasteiger partial charge in [0.15, 0.2) is 11.2 Å². The molecule has 2 aromatic rings. The summed E-state index contributed by atoms with van der Waals surface area (Å²) in [6.45, 7) is 9.92. The summed E-state index contributed by atoms with van der Waals surface area (Å²) in [6, 6.07) is 0. The second-order valence-electron chi connectivity index (χ2n) is 6.59. The van der Waals surface area contributed by atoms with E-state index in [1.807, 2.05) is 11.5 Å². The van der Waals surface area contributed by atoms with Gasteiger partial charge < -0.3 is 9.80 Å². The predicted octanol–water partition coefficient (Wildman–Crippen LogP) is 1.99. The first-order chi connectivity index (χ1) is 12.6. The number of nitrogens with zero attached hydrogens (tertiary/aromatic N) is 6. The van der Waals surface area contributed by atoms with E-state index in [4.69, 9.17) is 9.97 Å². The summed E-state index contributed by atoms with van der Waals surface area (Å²) < 4.78 is 3.57. The van der Waals surface area contributed by atoms with E-state index in [9.17, 15) is 4.79 Å². The zero-order chi connectivity index (χ0) is 18.7. The highest BCUT2D eigenvalue weighted by Crippen LogP contribution is 2.24. The Labute approximate surface area is 154 Å². The molecular weight excluding hydrogens is 328 g/mol. The number of hydrogen-bond donors (Lipinski definition) is 0. The van der Waals surface area contributed by atoms with E-state index in [0.29, 0.717) is 23.7 Å². The van der Waals surface area contributed by atoms with Gasteiger partial charge in [-0.2, -0.15) is 9.97 Å². The average molecular weight is 356 g/mol. The van der Waals surface area contributed by atoms with Crippen LogP contribution in [-0.2, 0) is 13.6 Å². The van der Waals surface area contributed by atoms with Crippen LogP contribution in [0.3, 0.4) is 0 Å². The molecular formula is C19H28N6O. The van der Waals surface area contributed by atoms with Crippen molar-refractivity contribution in [3.8, 4) is 11.8 Å². The third kappa shape index (κ3) is 3.16. The SMILES string of the molecule is CC#CCn1c(N2CCCCC2)nc2nc(N(CC)CC)n(C)c(=O)c21. The van der Waals surface area contributed by atoms with E-state index in [1.54, 1.807) is 11.6 Å². The highest BCUT2D eigenvalue weighted by atomic mass is 16.1. The van der Waals surface area contributed by atoms with Gasteiger partial charge in [-0.1, -0.05) is 5.92 Å². The topological polar surface area (TPSA) is 59.2 Å². The van der Waals surface area contributed by atoms with Crippen molar-refractivity contribution in [3.63, 3.8) is 0 Å². The fourth-order valence-electron chi connectivity index (χ4n) is 3.57. The fourth-order valence-corrected chi connectivity index (χ4v) is 3.57. The lowest BCUT2D eigenvalue weighted by Crippen LogP contribution is -2.33. The summed E-state index contributed by atoms with van der Waals surface area (Å²) in [7, 11) is 1.78. The van der Waals surface area contributed by atoms with Crippen LogP contribution < -0.4 is 15.4 Å². The lowest BCUT2D eigenvalue weighted by atomic mass is 10.1. The summed E-state index contributed by atoms with van der Waals surface area (Å²) in [6.07, 6.45) is 3.55. The van der Waals surface area contributed by atoms with Crippen molar-refractivity contribution in [1.82, 2.24) is 19.1 Å². The van der Waals surface area contributed by atoms with Crippen molar-refractivity contribution in [2.24, 2.45) is 7.05 Å². The third-order valence-electron chi connectivity index (χ3n) is 5.04. The van der Waals surface area contributed by atoms with Crippen LogP contribution in [0.4, 0.5) is 11.9 Å². The highest BCUT2D eigenvalue weighted by Gasteiger charge is 2.23. The molecule has 1 fully saturated rings. The van der Waals surface area contributed by atoms with Crippen molar-refractivity contribution in [2.75, 3.05) is 36.0 Å². The Balaban J connectivity index is 2.22. The van der Waals surface area contributed by atoms with Gasteiger partial charge in [0.2, 0.25) is 11.9 Å². The lowest BCUT2D eigenvalue weighted by Gasteiger charge is -2.27. The summed E-state index contributed by atoms with van der Waals surface area (Å²) >= 11 is 0. The van der Waals surface area contributed by atoms with Crippen molar-refractivity contribution < 1.29 is 0 Å². The van der Waals surface area contributed by atoms with Crippen molar-refractivity contribution in [1.29, 1.82) is 0 Å². The molecule has 140 valence electrons. The smallest absolute Gasteiger partial charge is 0.281 e. The molecule has 1 aliphatic rings. The first-order valence-electron chi connectivity index (χ1n) is 9.49. The van der Waals surface area contributed by atoms with E-state index in [0.717, 1.165) is 45.0 Å². The molecule has 7 heteroatoms. The van der Waals surface area contributed by atoms with Crippen molar-refractivity contribution in [2.45, 2.75) is 46.6 Å². The van der Waals surface area contributed by atoms with Gasteiger partial charge in [-0.15, -0.1) is 5.92 Å². The number of aromatic nitrogens is 4. The average Bonchev–Trinajstić information content (AvgIpc) is 3.04. The number of imidazole rings is 1. The summed E-state index contributed by atoms with van der Waals surface area (Å²) in [5, 5.41) is 0. The molecule has 0 amide bonds.